The number of nitrogens with one attached hydrogen (secondary N) is 1. The molecule has 0 radical (unpaired) electrons. The van der Waals surface area contributed by atoms with Crippen LogP contribution in [0, 0.1) is 0 Å². The molecule has 1 aromatic carbocycles. The smallest absolute Gasteiger partial charge is 0.256 e. The second-order valence-electron chi connectivity index (χ2n) is 5.41. The van der Waals surface area contributed by atoms with Crippen molar-refractivity contribution in [2.45, 2.75) is 45.1 Å². The van der Waals surface area contributed by atoms with Crippen molar-refractivity contribution in [3.05, 3.63) is 24.3 Å². The average molecular weight is 372 g/mol. The van der Waals surface area contributed by atoms with Crippen LogP contribution in [0.5, 0.6) is 5.75 Å². The highest BCUT2D eigenvalue weighted by Gasteiger charge is 2.32. The first-order valence-corrected chi connectivity index (χ1v) is 8.83. The van der Waals surface area contributed by atoms with Gasteiger partial charge >= 0.3 is 0 Å². The Bertz CT molecular complexity index is 450. The molecule has 0 aliphatic carbocycles. The van der Waals surface area contributed by atoms with Crippen molar-refractivity contribution < 1.29 is 14.3 Å². The fraction of sp³-hybridized carbons (Fsp3) is 0.588. The van der Waals surface area contributed by atoms with Crippen molar-refractivity contribution in [3.8, 4) is 5.75 Å². The van der Waals surface area contributed by atoms with Gasteiger partial charge in [0, 0.05) is 18.1 Å². The zero-order valence-electron chi connectivity index (χ0n) is 13.7. The summed E-state index contributed by atoms with van der Waals surface area (Å²) in [6, 6.07) is 7.37. The summed E-state index contributed by atoms with van der Waals surface area (Å²) in [7, 11) is 1.59. The number of amides is 1. The molecule has 1 rings (SSSR count). The first-order valence-electron chi connectivity index (χ1n) is 7.71. The predicted molar refractivity (Wildman–Crippen MR) is 93.9 cm³/mol. The van der Waals surface area contributed by atoms with E-state index in [0.29, 0.717) is 6.61 Å². The second-order valence-corrected chi connectivity index (χ2v) is 6.20. The molecule has 0 aliphatic rings. The summed E-state index contributed by atoms with van der Waals surface area (Å²) < 4.78 is 10.9. The predicted octanol–water partition coefficient (Wildman–Crippen LogP) is 4.38. The molecule has 1 amide bonds. The summed E-state index contributed by atoms with van der Waals surface area (Å²) in [6.45, 7) is 4.60. The van der Waals surface area contributed by atoms with Gasteiger partial charge in [-0.3, -0.25) is 4.79 Å². The fourth-order valence-corrected chi connectivity index (χ4v) is 2.24. The van der Waals surface area contributed by atoms with Crippen LogP contribution < -0.4 is 10.1 Å². The summed E-state index contributed by atoms with van der Waals surface area (Å²) >= 11 is 3.31. The van der Waals surface area contributed by atoms with Gasteiger partial charge in [0.2, 0.25) is 0 Å². The number of methoxy groups -OCH3 is 1. The van der Waals surface area contributed by atoms with Gasteiger partial charge in [-0.25, -0.2) is 0 Å². The summed E-state index contributed by atoms with van der Waals surface area (Å²) in [4.78, 5) is 12.4. The highest BCUT2D eigenvalue weighted by Crippen LogP contribution is 2.22. The van der Waals surface area contributed by atoms with Gasteiger partial charge in [-0.1, -0.05) is 42.1 Å². The van der Waals surface area contributed by atoms with Crippen molar-refractivity contribution in [1.29, 1.82) is 0 Å². The third-order valence-corrected chi connectivity index (χ3v) is 3.97. The summed E-state index contributed by atoms with van der Waals surface area (Å²) in [6.07, 6.45) is 3.92. The van der Waals surface area contributed by atoms with Crippen molar-refractivity contribution in [1.82, 2.24) is 0 Å². The Balaban J connectivity index is 2.61. The van der Waals surface area contributed by atoms with Crippen LogP contribution in [0.15, 0.2) is 24.3 Å². The minimum atomic E-state index is -0.791. The number of rotatable bonds is 10. The number of alkyl halides is 1. The first-order chi connectivity index (χ1) is 10.6. The lowest BCUT2D eigenvalue weighted by atomic mass is 9.97. The number of anilines is 1. The molecule has 0 saturated carbocycles. The second kappa shape index (κ2) is 9.85. The molecule has 1 atom stereocenters. The SMILES string of the molecule is CCCCC[C@@](C)(OC)C(=O)Nc1ccc(OCCBr)cc1. The average Bonchev–Trinajstić information content (AvgIpc) is 2.54. The van der Waals surface area contributed by atoms with Crippen LogP contribution in [0.1, 0.15) is 39.5 Å². The lowest BCUT2D eigenvalue weighted by molar-refractivity contribution is -0.136. The number of ether oxygens (including phenoxy) is 2. The number of benzene rings is 1. The highest BCUT2D eigenvalue weighted by molar-refractivity contribution is 9.09. The zero-order valence-corrected chi connectivity index (χ0v) is 15.2. The molecular weight excluding hydrogens is 346 g/mol. The van der Waals surface area contributed by atoms with Crippen molar-refractivity contribution in [3.63, 3.8) is 0 Å². The van der Waals surface area contributed by atoms with E-state index in [9.17, 15) is 4.79 Å². The molecule has 0 saturated heterocycles. The molecule has 4 nitrogen and oxygen atoms in total. The van der Waals surface area contributed by atoms with Gasteiger partial charge in [0.15, 0.2) is 0 Å². The van der Waals surface area contributed by atoms with Gasteiger partial charge in [0.1, 0.15) is 11.4 Å². The molecular formula is C17H26BrNO3. The Morgan fingerprint density at radius 3 is 2.50 bits per heavy atom. The standard InChI is InChI=1S/C17H26BrNO3/c1-4-5-6-11-17(2,21-3)16(20)19-14-7-9-15(10-8-14)22-13-12-18/h7-10H,4-6,11-13H2,1-3H3,(H,19,20)/t17-/m1/s1. The molecule has 0 aliphatic heterocycles. The van der Waals surface area contributed by atoms with Crippen LogP contribution in [0.2, 0.25) is 0 Å². The normalized spacial score (nSPS) is 13.5. The van der Waals surface area contributed by atoms with Gasteiger partial charge in [0.05, 0.1) is 6.61 Å². The Labute approximate surface area is 141 Å². The Kier molecular flexibility index (Phi) is 8.49. The van der Waals surface area contributed by atoms with Crippen molar-refractivity contribution >= 4 is 27.5 Å². The van der Waals surface area contributed by atoms with Gasteiger partial charge in [-0.15, -0.1) is 0 Å². The third-order valence-electron chi connectivity index (χ3n) is 3.65. The maximum atomic E-state index is 12.4. The van der Waals surface area contributed by atoms with Crippen molar-refractivity contribution in [2.24, 2.45) is 0 Å². The molecule has 1 aromatic rings. The molecule has 0 spiro atoms. The fourth-order valence-electron chi connectivity index (χ4n) is 2.07. The number of carbonyl (C=O) groups excluding carboxylic acids is 1. The van der Waals surface area contributed by atoms with E-state index in [2.05, 4.69) is 28.2 Å². The number of unbranched alkanes of at least 4 members (excludes halogenated alkanes) is 2. The van der Waals surface area contributed by atoms with E-state index < -0.39 is 5.60 Å². The molecule has 124 valence electrons. The maximum absolute atomic E-state index is 12.4. The number of halogens is 1. The Morgan fingerprint density at radius 1 is 1.27 bits per heavy atom. The molecule has 0 fully saturated rings. The van der Waals surface area contributed by atoms with Crippen molar-refractivity contribution in [2.75, 3.05) is 24.4 Å². The lowest BCUT2D eigenvalue weighted by Crippen LogP contribution is -2.41. The lowest BCUT2D eigenvalue weighted by Gasteiger charge is -2.27. The third kappa shape index (κ3) is 5.97. The Hall–Kier alpha value is -1.07. The van der Waals surface area contributed by atoms with E-state index in [-0.39, 0.29) is 5.91 Å². The number of hydrogen-bond donors (Lipinski definition) is 1. The first kappa shape index (κ1) is 19.0. The molecule has 5 heteroatoms. The zero-order chi connectivity index (χ0) is 16.4. The minimum Gasteiger partial charge on any atom is -0.493 e. The highest BCUT2D eigenvalue weighted by atomic mass is 79.9. The van der Waals surface area contributed by atoms with E-state index in [1.807, 2.05) is 31.2 Å². The minimum absolute atomic E-state index is 0.111. The van der Waals surface area contributed by atoms with E-state index in [1.165, 1.54) is 0 Å². The molecule has 0 aromatic heterocycles. The van der Waals surface area contributed by atoms with Gasteiger partial charge in [-0.2, -0.15) is 0 Å². The Morgan fingerprint density at radius 2 is 1.95 bits per heavy atom. The van der Waals surface area contributed by atoms with E-state index in [4.69, 9.17) is 9.47 Å². The monoisotopic (exact) mass is 371 g/mol. The molecule has 0 heterocycles. The summed E-state index contributed by atoms with van der Waals surface area (Å²) in [5.74, 6) is 0.676. The van der Waals surface area contributed by atoms with Crippen LogP contribution in [-0.2, 0) is 9.53 Å². The summed E-state index contributed by atoms with van der Waals surface area (Å²) in [5.41, 5.74) is -0.0460. The van der Waals surface area contributed by atoms with Crippen LogP contribution in [0.3, 0.4) is 0 Å². The van der Waals surface area contributed by atoms with Gasteiger partial charge in [0.25, 0.3) is 5.91 Å². The summed E-state index contributed by atoms with van der Waals surface area (Å²) in [5, 5.41) is 3.70. The van der Waals surface area contributed by atoms with Crippen LogP contribution in [0.4, 0.5) is 5.69 Å². The van der Waals surface area contributed by atoms with Crippen LogP contribution >= 0.6 is 15.9 Å². The number of hydrogen-bond acceptors (Lipinski definition) is 3. The van der Waals surface area contributed by atoms with Gasteiger partial charge < -0.3 is 14.8 Å². The largest absolute Gasteiger partial charge is 0.493 e. The van der Waals surface area contributed by atoms with E-state index in [1.54, 1.807) is 7.11 Å². The van der Waals surface area contributed by atoms with E-state index >= 15 is 0 Å². The molecule has 0 unspecified atom stereocenters. The van der Waals surface area contributed by atoms with E-state index in [0.717, 1.165) is 42.5 Å². The van der Waals surface area contributed by atoms with Crippen LogP contribution in [0.25, 0.3) is 0 Å². The molecule has 0 bridgehead atoms. The molecule has 22 heavy (non-hydrogen) atoms. The topological polar surface area (TPSA) is 47.6 Å². The van der Waals surface area contributed by atoms with Crippen LogP contribution in [-0.4, -0.2) is 30.6 Å². The van der Waals surface area contributed by atoms with Gasteiger partial charge in [-0.05, 0) is 37.6 Å². The maximum Gasteiger partial charge on any atom is 0.256 e. The number of carbonyl (C=O) groups is 1. The molecule has 1 N–H and O–H groups in total. The quantitative estimate of drug-likeness (QED) is 0.490.